The molecule has 0 atom stereocenters. The summed E-state index contributed by atoms with van der Waals surface area (Å²) in [4.78, 5) is 7.25. The van der Waals surface area contributed by atoms with Crippen LogP contribution >= 0.6 is 23.1 Å². The Hall–Kier alpha value is -0.580. The van der Waals surface area contributed by atoms with E-state index in [1.54, 1.807) is 0 Å². The number of nitrogens with zero attached hydrogens (tertiary/aromatic N) is 2. The van der Waals surface area contributed by atoms with Crippen LogP contribution in [0.15, 0.2) is 28.6 Å². The van der Waals surface area contributed by atoms with Gasteiger partial charge in [0.15, 0.2) is 4.34 Å². The van der Waals surface area contributed by atoms with Gasteiger partial charge in [-0.3, -0.25) is 0 Å². The van der Waals surface area contributed by atoms with Crippen LogP contribution in [0.1, 0.15) is 19.3 Å². The Bertz CT molecular complexity index is 470. The van der Waals surface area contributed by atoms with Gasteiger partial charge in [0.25, 0.3) is 0 Å². The van der Waals surface area contributed by atoms with Crippen molar-refractivity contribution in [2.75, 3.05) is 25.4 Å². The van der Waals surface area contributed by atoms with E-state index in [2.05, 4.69) is 34.1 Å². The fourth-order valence-electron chi connectivity index (χ4n) is 2.36. The highest BCUT2D eigenvalue weighted by Gasteiger charge is 2.10. The molecular weight excluding hydrogens is 260 g/mol. The molecule has 0 bridgehead atoms. The average Bonchev–Trinajstić information content (AvgIpc) is 2.82. The summed E-state index contributed by atoms with van der Waals surface area (Å²) in [6, 6.07) is 8.40. The first kappa shape index (κ1) is 12.5. The number of piperidine rings is 1. The second-order valence-electron chi connectivity index (χ2n) is 4.70. The Morgan fingerprint density at radius 2 is 2.00 bits per heavy atom. The summed E-state index contributed by atoms with van der Waals surface area (Å²) in [7, 11) is 0. The maximum absolute atomic E-state index is 4.66. The molecule has 0 unspecified atom stereocenters. The van der Waals surface area contributed by atoms with Gasteiger partial charge < -0.3 is 4.90 Å². The van der Waals surface area contributed by atoms with Gasteiger partial charge in [0.1, 0.15) is 0 Å². The smallest absolute Gasteiger partial charge is 0.151 e. The van der Waals surface area contributed by atoms with E-state index in [1.807, 2.05) is 23.1 Å². The first-order valence-corrected chi connectivity index (χ1v) is 8.43. The molecule has 0 aliphatic carbocycles. The van der Waals surface area contributed by atoms with Crippen molar-refractivity contribution in [2.45, 2.75) is 23.6 Å². The quantitative estimate of drug-likeness (QED) is 0.790. The van der Waals surface area contributed by atoms with Gasteiger partial charge in [-0.1, -0.05) is 30.3 Å². The molecule has 0 spiro atoms. The monoisotopic (exact) mass is 278 g/mol. The van der Waals surface area contributed by atoms with Gasteiger partial charge in [0, 0.05) is 12.3 Å². The normalized spacial score (nSPS) is 17.3. The topological polar surface area (TPSA) is 16.1 Å². The number of hydrogen-bond acceptors (Lipinski definition) is 4. The van der Waals surface area contributed by atoms with Crippen LogP contribution in [0.2, 0.25) is 0 Å². The van der Waals surface area contributed by atoms with Crippen molar-refractivity contribution < 1.29 is 0 Å². The van der Waals surface area contributed by atoms with E-state index in [0.29, 0.717) is 0 Å². The molecule has 0 saturated carbocycles. The van der Waals surface area contributed by atoms with Crippen molar-refractivity contribution in [1.82, 2.24) is 9.88 Å². The molecule has 1 fully saturated rings. The lowest BCUT2D eigenvalue weighted by molar-refractivity contribution is 0.242. The molecule has 1 aromatic carbocycles. The van der Waals surface area contributed by atoms with Crippen LogP contribution in [0.25, 0.3) is 10.2 Å². The molecule has 1 saturated heterocycles. The zero-order valence-corrected chi connectivity index (χ0v) is 12.1. The van der Waals surface area contributed by atoms with Gasteiger partial charge in [0.2, 0.25) is 0 Å². The van der Waals surface area contributed by atoms with E-state index in [9.17, 15) is 0 Å². The lowest BCUT2D eigenvalue weighted by Crippen LogP contribution is -2.31. The molecule has 4 heteroatoms. The summed E-state index contributed by atoms with van der Waals surface area (Å²) < 4.78 is 2.52. The molecule has 0 radical (unpaired) electrons. The minimum Gasteiger partial charge on any atom is -0.303 e. The number of likely N-dealkylation sites (tertiary alicyclic amines) is 1. The standard InChI is InChI=1S/C14H18N2S2/c1-4-8-16(9-5-1)10-11-17-14-15-12-6-2-3-7-13(12)18-14/h2-3,6-7H,1,4-5,8-11H2. The first-order chi connectivity index (χ1) is 8.92. The number of aromatic nitrogens is 1. The van der Waals surface area contributed by atoms with Gasteiger partial charge in [-0.15, -0.1) is 11.3 Å². The minimum atomic E-state index is 1.14. The third-order valence-corrected chi connectivity index (χ3v) is 5.52. The Labute approximate surface area is 116 Å². The van der Waals surface area contributed by atoms with Crippen LogP contribution in [0.4, 0.5) is 0 Å². The molecule has 2 aromatic rings. The molecule has 3 rings (SSSR count). The predicted molar refractivity (Wildman–Crippen MR) is 80.6 cm³/mol. The molecule has 0 N–H and O–H groups in total. The van der Waals surface area contributed by atoms with E-state index >= 15 is 0 Å². The van der Waals surface area contributed by atoms with Gasteiger partial charge in [-0.25, -0.2) is 4.98 Å². The summed E-state index contributed by atoms with van der Waals surface area (Å²) >= 11 is 3.72. The van der Waals surface area contributed by atoms with E-state index in [0.717, 1.165) is 5.52 Å². The lowest BCUT2D eigenvalue weighted by Gasteiger charge is -2.25. The third-order valence-electron chi connectivity index (χ3n) is 3.36. The van der Waals surface area contributed by atoms with Crippen LogP contribution in [0, 0.1) is 0 Å². The van der Waals surface area contributed by atoms with Crippen molar-refractivity contribution >= 4 is 33.3 Å². The molecular formula is C14H18N2S2. The molecule has 2 heterocycles. The number of thiazole rings is 1. The van der Waals surface area contributed by atoms with Crippen molar-refractivity contribution in [2.24, 2.45) is 0 Å². The SMILES string of the molecule is c1ccc2sc(SCCN3CCCCC3)nc2c1. The predicted octanol–water partition coefficient (Wildman–Crippen LogP) is 3.87. The van der Waals surface area contributed by atoms with Crippen LogP contribution < -0.4 is 0 Å². The second kappa shape index (κ2) is 6.04. The zero-order valence-electron chi connectivity index (χ0n) is 10.5. The highest BCUT2D eigenvalue weighted by Crippen LogP contribution is 2.29. The Balaban J connectivity index is 1.53. The average molecular weight is 278 g/mol. The number of fused-ring (bicyclic) bond motifs is 1. The zero-order chi connectivity index (χ0) is 12.2. The summed E-state index contributed by atoms with van der Waals surface area (Å²) in [6.45, 7) is 3.79. The van der Waals surface area contributed by atoms with Crippen molar-refractivity contribution in [1.29, 1.82) is 0 Å². The van der Waals surface area contributed by atoms with Crippen molar-refractivity contribution in [3.63, 3.8) is 0 Å². The molecule has 2 nitrogen and oxygen atoms in total. The lowest BCUT2D eigenvalue weighted by atomic mass is 10.1. The van der Waals surface area contributed by atoms with Gasteiger partial charge >= 0.3 is 0 Å². The number of hydrogen-bond donors (Lipinski definition) is 0. The molecule has 0 amide bonds. The van der Waals surface area contributed by atoms with E-state index < -0.39 is 0 Å². The summed E-state index contributed by atoms with van der Waals surface area (Å²) in [5.74, 6) is 1.17. The van der Waals surface area contributed by atoms with Crippen LogP contribution in [0.3, 0.4) is 0 Å². The number of para-hydroxylation sites is 1. The van der Waals surface area contributed by atoms with E-state index in [4.69, 9.17) is 0 Å². The molecule has 1 aliphatic heterocycles. The third kappa shape index (κ3) is 3.05. The Kier molecular flexibility index (Phi) is 4.18. The number of benzene rings is 1. The Morgan fingerprint density at radius 1 is 1.17 bits per heavy atom. The van der Waals surface area contributed by atoms with Crippen molar-refractivity contribution in [3.05, 3.63) is 24.3 Å². The van der Waals surface area contributed by atoms with Crippen molar-refractivity contribution in [3.8, 4) is 0 Å². The van der Waals surface area contributed by atoms with Gasteiger partial charge in [-0.2, -0.15) is 0 Å². The Morgan fingerprint density at radius 3 is 2.83 bits per heavy atom. The van der Waals surface area contributed by atoms with Gasteiger partial charge in [0.05, 0.1) is 10.2 Å². The summed E-state index contributed by atoms with van der Waals surface area (Å²) in [6.07, 6.45) is 4.18. The largest absolute Gasteiger partial charge is 0.303 e. The highest BCUT2D eigenvalue weighted by molar-refractivity contribution is 8.01. The minimum absolute atomic E-state index is 1.14. The molecule has 96 valence electrons. The fraction of sp³-hybridized carbons (Fsp3) is 0.500. The molecule has 1 aliphatic rings. The molecule has 1 aromatic heterocycles. The maximum atomic E-state index is 4.66. The van der Waals surface area contributed by atoms with E-state index in [-0.39, 0.29) is 0 Å². The summed E-state index contributed by atoms with van der Waals surface area (Å²) in [5.41, 5.74) is 1.14. The highest BCUT2D eigenvalue weighted by atomic mass is 32.2. The number of rotatable bonds is 4. The maximum Gasteiger partial charge on any atom is 0.151 e. The van der Waals surface area contributed by atoms with E-state index in [1.165, 1.54) is 53.7 Å². The first-order valence-electron chi connectivity index (χ1n) is 6.62. The van der Waals surface area contributed by atoms with Crippen LogP contribution in [-0.4, -0.2) is 35.3 Å². The van der Waals surface area contributed by atoms with Gasteiger partial charge in [-0.05, 0) is 38.1 Å². The van der Waals surface area contributed by atoms with Crippen LogP contribution in [-0.2, 0) is 0 Å². The number of thioether (sulfide) groups is 1. The summed E-state index contributed by atoms with van der Waals surface area (Å²) in [5, 5.41) is 0. The fourth-order valence-corrected chi connectivity index (χ4v) is 4.50. The molecule has 18 heavy (non-hydrogen) atoms. The van der Waals surface area contributed by atoms with Crippen LogP contribution in [0.5, 0.6) is 0 Å². The second-order valence-corrected chi connectivity index (χ2v) is 7.07.